The van der Waals surface area contributed by atoms with Gasteiger partial charge in [-0.25, -0.2) is 4.68 Å². The van der Waals surface area contributed by atoms with E-state index in [1.807, 2.05) is 23.1 Å². The van der Waals surface area contributed by atoms with Gasteiger partial charge in [0.2, 0.25) is 5.91 Å². The first-order valence-corrected chi connectivity index (χ1v) is 5.89. The summed E-state index contributed by atoms with van der Waals surface area (Å²) in [4.78, 5) is 14.0. The van der Waals surface area contributed by atoms with Crippen molar-refractivity contribution in [2.24, 2.45) is 5.73 Å². The zero-order chi connectivity index (χ0) is 12.6. The number of imidazole rings is 1. The second kappa shape index (κ2) is 4.33. The average Bonchev–Trinajstić information content (AvgIpc) is 2.74. The van der Waals surface area contributed by atoms with Gasteiger partial charge in [0.15, 0.2) is 10.4 Å². The first kappa shape index (κ1) is 11.8. The number of nitrogens with two attached hydrogens (primary N) is 1. The van der Waals surface area contributed by atoms with E-state index in [2.05, 4.69) is 10.1 Å². The largest absolute Gasteiger partial charge is 0.370 e. The molecule has 92 valence electrons. The smallest absolute Gasteiger partial charge is 0.219 e. The van der Waals surface area contributed by atoms with Gasteiger partial charge < -0.3 is 15.3 Å². The molecule has 0 aliphatic rings. The summed E-state index contributed by atoms with van der Waals surface area (Å²) >= 11 is 5.24. The number of rotatable bonds is 4. The van der Waals surface area contributed by atoms with Crippen LogP contribution in [-0.2, 0) is 17.9 Å². The Morgan fingerprint density at radius 1 is 1.59 bits per heavy atom. The van der Waals surface area contributed by atoms with E-state index in [0.29, 0.717) is 11.3 Å². The quantitative estimate of drug-likeness (QED) is 0.800. The Balaban J connectivity index is 2.56. The summed E-state index contributed by atoms with van der Waals surface area (Å²) in [5.41, 5.74) is 7.93. The van der Waals surface area contributed by atoms with Crippen LogP contribution >= 0.6 is 12.2 Å². The molecule has 0 atom stereocenters. The van der Waals surface area contributed by atoms with Crippen LogP contribution < -0.4 is 5.73 Å². The normalized spacial score (nSPS) is 11.2. The van der Waals surface area contributed by atoms with Gasteiger partial charge >= 0.3 is 0 Å². The molecule has 0 aliphatic heterocycles. The molecule has 0 aliphatic carbocycles. The van der Waals surface area contributed by atoms with Gasteiger partial charge in [0.05, 0.1) is 5.69 Å². The molecular formula is C10H15N5OS. The third kappa shape index (κ3) is 1.97. The number of nitrogens with one attached hydrogen (secondary N) is 1. The molecule has 2 rings (SSSR count). The summed E-state index contributed by atoms with van der Waals surface area (Å²) in [6.07, 6.45) is 0.273. The fourth-order valence-corrected chi connectivity index (χ4v) is 2.19. The molecule has 0 fully saturated rings. The summed E-state index contributed by atoms with van der Waals surface area (Å²) in [7, 11) is 0. The highest BCUT2D eigenvalue weighted by Gasteiger charge is 2.13. The minimum atomic E-state index is -0.333. The van der Waals surface area contributed by atoms with Crippen molar-refractivity contribution < 1.29 is 4.79 Å². The van der Waals surface area contributed by atoms with Gasteiger partial charge in [-0.05, 0) is 26.1 Å². The highest BCUT2D eigenvalue weighted by Crippen LogP contribution is 2.18. The van der Waals surface area contributed by atoms with E-state index in [0.717, 1.165) is 23.4 Å². The minimum Gasteiger partial charge on any atom is -0.370 e. The van der Waals surface area contributed by atoms with Crippen molar-refractivity contribution in [3.63, 3.8) is 0 Å². The molecule has 2 heterocycles. The van der Waals surface area contributed by atoms with E-state index in [1.54, 1.807) is 0 Å². The van der Waals surface area contributed by atoms with Gasteiger partial charge in [-0.1, -0.05) is 0 Å². The summed E-state index contributed by atoms with van der Waals surface area (Å²) in [6, 6.07) is 0. The second-order valence-electron chi connectivity index (χ2n) is 3.90. The third-order valence-electron chi connectivity index (χ3n) is 2.71. The highest BCUT2D eigenvalue weighted by atomic mass is 32.1. The molecule has 0 radical (unpaired) electrons. The zero-order valence-electron chi connectivity index (χ0n) is 9.86. The molecule has 1 amide bonds. The molecule has 6 nitrogen and oxygen atoms in total. The molecule has 0 unspecified atom stereocenters. The maximum atomic E-state index is 10.8. The van der Waals surface area contributed by atoms with Crippen LogP contribution in [0.15, 0.2) is 0 Å². The molecule has 7 heteroatoms. The molecule has 0 aromatic carbocycles. The topological polar surface area (TPSA) is 81.6 Å². The molecule has 0 saturated heterocycles. The number of amides is 1. The van der Waals surface area contributed by atoms with Crippen LogP contribution in [0.2, 0.25) is 0 Å². The summed E-state index contributed by atoms with van der Waals surface area (Å²) in [6.45, 7) is 5.19. The van der Waals surface area contributed by atoms with Crippen LogP contribution in [0.5, 0.6) is 0 Å². The first-order chi connectivity index (χ1) is 8.04. The number of carbonyl (C=O) groups is 1. The van der Waals surface area contributed by atoms with Crippen molar-refractivity contribution in [2.75, 3.05) is 0 Å². The molecule has 2 aromatic rings. The molecule has 3 N–H and O–H groups in total. The van der Waals surface area contributed by atoms with E-state index in [9.17, 15) is 4.79 Å². The minimum absolute atomic E-state index is 0.273. The molecule has 0 bridgehead atoms. The number of nitrogens with zero attached hydrogens (tertiary/aromatic N) is 3. The molecular weight excluding hydrogens is 238 g/mol. The van der Waals surface area contributed by atoms with Crippen molar-refractivity contribution in [2.45, 2.75) is 33.4 Å². The van der Waals surface area contributed by atoms with Crippen LogP contribution in [-0.4, -0.2) is 25.2 Å². The number of aromatic amines is 1. The first-order valence-electron chi connectivity index (χ1n) is 5.48. The molecule has 0 spiro atoms. The van der Waals surface area contributed by atoms with Crippen molar-refractivity contribution in [1.82, 2.24) is 19.3 Å². The van der Waals surface area contributed by atoms with Crippen LogP contribution in [0.25, 0.3) is 11.2 Å². The van der Waals surface area contributed by atoms with Gasteiger partial charge in [-0.2, -0.15) is 5.10 Å². The maximum Gasteiger partial charge on any atom is 0.219 e. The van der Waals surface area contributed by atoms with Gasteiger partial charge in [0.25, 0.3) is 0 Å². The lowest BCUT2D eigenvalue weighted by molar-refractivity contribution is -0.118. The number of hydrogen-bond acceptors (Lipinski definition) is 3. The Morgan fingerprint density at radius 3 is 2.88 bits per heavy atom. The fourth-order valence-electron chi connectivity index (χ4n) is 1.91. The number of aromatic nitrogens is 4. The van der Waals surface area contributed by atoms with Crippen LogP contribution in [0.1, 0.15) is 19.0 Å². The predicted octanol–water partition coefficient (Wildman–Crippen LogP) is 1.10. The number of fused-ring (bicyclic) bond motifs is 1. The summed E-state index contributed by atoms with van der Waals surface area (Å²) in [5, 5.41) is 4.40. The number of aryl methyl sites for hydroxylation is 3. The van der Waals surface area contributed by atoms with Crippen LogP contribution in [0.3, 0.4) is 0 Å². The van der Waals surface area contributed by atoms with E-state index in [1.165, 1.54) is 0 Å². The van der Waals surface area contributed by atoms with Gasteiger partial charge in [-0.15, -0.1) is 0 Å². The monoisotopic (exact) mass is 253 g/mol. The van der Waals surface area contributed by atoms with E-state index in [-0.39, 0.29) is 12.3 Å². The van der Waals surface area contributed by atoms with Crippen LogP contribution in [0, 0.1) is 11.7 Å². The molecule has 0 saturated carbocycles. The SMILES string of the molecule is CCn1nc(C)c2[nH]c(=S)n(CCC(N)=O)c21. The van der Waals surface area contributed by atoms with E-state index >= 15 is 0 Å². The third-order valence-corrected chi connectivity index (χ3v) is 3.04. The van der Waals surface area contributed by atoms with Crippen molar-refractivity contribution >= 4 is 29.3 Å². The van der Waals surface area contributed by atoms with E-state index in [4.69, 9.17) is 18.0 Å². The van der Waals surface area contributed by atoms with Gasteiger partial charge in [0.1, 0.15) is 5.52 Å². The molecule has 17 heavy (non-hydrogen) atoms. The highest BCUT2D eigenvalue weighted by molar-refractivity contribution is 7.71. The van der Waals surface area contributed by atoms with Gasteiger partial charge in [-0.3, -0.25) is 4.79 Å². The lowest BCUT2D eigenvalue weighted by Crippen LogP contribution is -2.15. The Bertz CT molecular complexity index is 620. The van der Waals surface area contributed by atoms with Gasteiger partial charge in [0, 0.05) is 19.5 Å². The standard InChI is InChI=1S/C10H15N5OS/c1-3-15-9-8(6(2)13-15)12-10(17)14(9)5-4-7(11)16/h3-5H2,1-2H3,(H2,11,16)(H,12,17). The van der Waals surface area contributed by atoms with Crippen molar-refractivity contribution in [3.8, 4) is 0 Å². The number of carbonyl (C=O) groups excluding carboxylic acids is 1. The zero-order valence-corrected chi connectivity index (χ0v) is 10.7. The Labute approximate surface area is 103 Å². The maximum absolute atomic E-state index is 10.8. The number of primary amides is 1. The van der Waals surface area contributed by atoms with E-state index < -0.39 is 0 Å². The van der Waals surface area contributed by atoms with Crippen molar-refractivity contribution in [3.05, 3.63) is 10.5 Å². The average molecular weight is 253 g/mol. The lowest BCUT2D eigenvalue weighted by atomic mass is 10.4. The van der Waals surface area contributed by atoms with Crippen LogP contribution in [0.4, 0.5) is 0 Å². The Hall–Kier alpha value is -1.63. The molecule has 2 aromatic heterocycles. The predicted molar refractivity (Wildman–Crippen MR) is 67.1 cm³/mol. The Kier molecular flexibility index (Phi) is 3.01. The number of hydrogen-bond donors (Lipinski definition) is 2. The fraction of sp³-hybridized carbons (Fsp3) is 0.500. The number of H-pyrrole nitrogens is 1. The summed E-state index contributed by atoms with van der Waals surface area (Å²) in [5.74, 6) is -0.333. The summed E-state index contributed by atoms with van der Waals surface area (Å²) < 4.78 is 4.35. The Morgan fingerprint density at radius 2 is 2.29 bits per heavy atom. The second-order valence-corrected chi connectivity index (χ2v) is 4.28. The van der Waals surface area contributed by atoms with Crippen molar-refractivity contribution in [1.29, 1.82) is 0 Å². The lowest BCUT2D eigenvalue weighted by Gasteiger charge is -2.04.